The van der Waals surface area contributed by atoms with Crippen molar-refractivity contribution in [1.82, 2.24) is 4.90 Å². The number of hydrogen-bond acceptors (Lipinski definition) is 6. The van der Waals surface area contributed by atoms with Crippen LogP contribution in [-0.4, -0.2) is 56.6 Å². The molecule has 2 N–H and O–H groups in total. The van der Waals surface area contributed by atoms with Gasteiger partial charge in [-0.05, 0) is 111 Å². The molecule has 4 aromatic carbocycles. The van der Waals surface area contributed by atoms with Crippen LogP contribution in [0.4, 0.5) is 0 Å². The van der Waals surface area contributed by atoms with E-state index in [-0.39, 0.29) is 36.7 Å². The Morgan fingerprint density at radius 1 is 0.814 bits per heavy atom. The van der Waals surface area contributed by atoms with Crippen molar-refractivity contribution in [2.24, 2.45) is 16.2 Å². The normalized spacial score (nSPS) is 29.9. The van der Waals surface area contributed by atoms with Gasteiger partial charge in [0, 0.05) is 28.5 Å². The molecule has 9 rings (SSSR count). The number of aliphatic hydroxyl groups is 2. The third-order valence-corrected chi connectivity index (χ3v) is 15.6. The number of carbonyl (C=O) groups excluding carboxylic acids is 3. The summed E-state index contributed by atoms with van der Waals surface area (Å²) >= 11 is 0. The Balaban J connectivity index is 1.24. The van der Waals surface area contributed by atoms with Crippen molar-refractivity contribution in [2.75, 3.05) is 6.54 Å². The lowest BCUT2D eigenvalue weighted by atomic mass is 9.64. The van der Waals surface area contributed by atoms with E-state index in [1.165, 1.54) is 5.57 Å². The number of carbonyl (C=O) groups is 3. The number of hydrogen-bond donors (Lipinski definition) is 2. The van der Waals surface area contributed by atoms with Crippen LogP contribution >= 0.6 is 0 Å². The van der Waals surface area contributed by atoms with Crippen molar-refractivity contribution >= 4 is 17.7 Å². The van der Waals surface area contributed by atoms with Gasteiger partial charge in [-0.2, -0.15) is 0 Å². The average molecular weight is 794 g/mol. The number of ether oxygens (including phenoxy) is 1. The number of benzene rings is 4. The van der Waals surface area contributed by atoms with E-state index in [1.807, 2.05) is 118 Å². The van der Waals surface area contributed by atoms with Crippen molar-refractivity contribution in [2.45, 2.75) is 122 Å². The molecule has 7 heteroatoms. The first kappa shape index (κ1) is 40.9. The van der Waals surface area contributed by atoms with Crippen LogP contribution in [0.15, 0.2) is 115 Å². The molecule has 0 aromatic heterocycles. The molecular formula is C52H59NO6. The van der Waals surface area contributed by atoms with Crippen LogP contribution in [0, 0.1) is 16.2 Å². The molecule has 308 valence electrons. The van der Waals surface area contributed by atoms with E-state index in [0.717, 1.165) is 34.2 Å². The van der Waals surface area contributed by atoms with Crippen molar-refractivity contribution in [3.8, 4) is 11.1 Å². The zero-order valence-corrected chi connectivity index (χ0v) is 35.3. The molecule has 4 aliphatic carbocycles. The van der Waals surface area contributed by atoms with E-state index in [9.17, 15) is 15.0 Å². The number of esters is 1. The second-order valence-electron chi connectivity index (χ2n) is 19.0. The minimum atomic E-state index is -1.36. The summed E-state index contributed by atoms with van der Waals surface area (Å²) in [5.74, 6) is -0.905. The fraction of sp³-hybridized carbons (Fsp3) is 0.442. The minimum Gasteiger partial charge on any atom is -0.448 e. The maximum absolute atomic E-state index is 15.3. The van der Waals surface area contributed by atoms with Gasteiger partial charge >= 0.3 is 5.97 Å². The molecule has 0 spiro atoms. The summed E-state index contributed by atoms with van der Waals surface area (Å²) in [5, 5.41) is 24.6. The number of nitrogens with zero attached hydrogens (tertiary/aromatic N) is 1. The van der Waals surface area contributed by atoms with Gasteiger partial charge in [-0.15, -0.1) is 0 Å². The maximum atomic E-state index is 15.3. The molecule has 7 nitrogen and oxygen atoms in total. The summed E-state index contributed by atoms with van der Waals surface area (Å²) in [6.07, 6.45) is 6.78. The first-order valence-electron chi connectivity index (χ1n) is 21.6. The Morgan fingerprint density at radius 2 is 1.51 bits per heavy atom. The fourth-order valence-electron chi connectivity index (χ4n) is 11.2. The number of aliphatic hydroxyl groups excluding tert-OH is 1. The molecule has 4 aromatic rings. The Morgan fingerprint density at radius 3 is 2.20 bits per heavy atom. The lowest BCUT2D eigenvalue weighted by Gasteiger charge is -2.47. The van der Waals surface area contributed by atoms with Gasteiger partial charge in [-0.3, -0.25) is 14.4 Å². The minimum absolute atomic E-state index is 0.0485. The predicted octanol–water partition coefficient (Wildman–Crippen LogP) is 9.77. The van der Waals surface area contributed by atoms with E-state index >= 15 is 9.59 Å². The van der Waals surface area contributed by atoms with E-state index in [0.29, 0.717) is 62.5 Å². The topological polar surface area (TPSA) is 104 Å². The van der Waals surface area contributed by atoms with Gasteiger partial charge in [-0.1, -0.05) is 129 Å². The van der Waals surface area contributed by atoms with Crippen molar-refractivity contribution in [3.63, 3.8) is 0 Å². The molecule has 4 bridgehead atoms. The van der Waals surface area contributed by atoms with Gasteiger partial charge in [0.2, 0.25) is 0 Å². The number of fused-ring (bicyclic) bond motifs is 10. The molecule has 59 heavy (non-hydrogen) atoms. The largest absolute Gasteiger partial charge is 0.448 e. The first-order valence-corrected chi connectivity index (χ1v) is 21.6. The standard InChI is InChI=1S/C52H59NO6/c1-35-15-14-27-49(4)44(41-25-23-37(31-39(54)24-22-35)32-43(41)45(55)42-21-13-12-20-40(42)38-18-10-7-11-19-38)26-28-51(49,58)34-53(33-36-16-8-6-9-17-36)46(56)52-30-29-50(5,47(57)59-52)48(52,2)3/h6-13,15-21,23,25,32,39,44,54,58H,14,22,24,26-31,33-34H2,1-5H3. The smallest absolute Gasteiger partial charge is 0.313 e. The van der Waals surface area contributed by atoms with Crippen LogP contribution in [0.1, 0.15) is 125 Å². The van der Waals surface area contributed by atoms with Gasteiger partial charge in [0.15, 0.2) is 11.4 Å². The highest BCUT2D eigenvalue weighted by atomic mass is 16.6. The summed E-state index contributed by atoms with van der Waals surface area (Å²) in [4.78, 5) is 45.6. The number of amides is 1. The fourth-order valence-corrected chi connectivity index (χ4v) is 11.2. The molecule has 1 heterocycles. The van der Waals surface area contributed by atoms with Crippen molar-refractivity contribution in [3.05, 3.63) is 143 Å². The third-order valence-electron chi connectivity index (χ3n) is 15.6. The summed E-state index contributed by atoms with van der Waals surface area (Å²) < 4.78 is 6.18. The van der Waals surface area contributed by atoms with E-state index in [2.05, 4.69) is 26.0 Å². The average Bonchev–Trinajstić information content (AvgIpc) is 3.67. The molecule has 1 aliphatic heterocycles. The van der Waals surface area contributed by atoms with Crippen molar-refractivity contribution < 1.29 is 29.3 Å². The molecule has 6 atom stereocenters. The SMILES string of the molecule is CC1=CCCC2(C)C(CCC2(O)CN(Cc2ccccc2)C(=O)C23CCC(C)(C(=O)O2)C3(C)C)c2ccc(cc2C(=O)c2ccccc2-c2ccccc2)CC(O)CC1. The number of rotatable bonds is 8. The second-order valence-corrected chi connectivity index (χ2v) is 19.0. The van der Waals surface area contributed by atoms with Crippen LogP contribution in [0.25, 0.3) is 11.1 Å². The van der Waals surface area contributed by atoms with Crippen LogP contribution in [0.3, 0.4) is 0 Å². The molecule has 3 fully saturated rings. The maximum Gasteiger partial charge on any atom is 0.313 e. The summed E-state index contributed by atoms with van der Waals surface area (Å²) in [6.45, 7) is 10.4. The Hall–Kier alpha value is -4.85. The zero-order valence-electron chi connectivity index (χ0n) is 35.3. The molecule has 1 saturated heterocycles. The van der Waals surface area contributed by atoms with E-state index in [4.69, 9.17) is 4.74 Å². The Kier molecular flexibility index (Phi) is 10.6. The van der Waals surface area contributed by atoms with Crippen LogP contribution in [-0.2, 0) is 27.3 Å². The van der Waals surface area contributed by atoms with Crippen LogP contribution in [0.2, 0.25) is 0 Å². The Bertz CT molecular complexity index is 2280. The quantitative estimate of drug-likeness (QED) is 0.105. The van der Waals surface area contributed by atoms with Crippen molar-refractivity contribution in [1.29, 1.82) is 0 Å². The highest BCUT2D eigenvalue weighted by Crippen LogP contribution is 2.66. The lowest BCUT2D eigenvalue weighted by Crippen LogP contribution is -2.60. The first-order chi connectivity index (χ1) is 28.1. The van der Waals surface area contributed by atoms with E-state index in [1.54, 1.807) is 4.90 Å². The van der Waals surface area contributed by atoms with Crippen LogP contribution < -0.4 is 0 Å². The monoisotopic (exact) mass is 793 g/mol. The molecular weight excluding hydrogens is 735 g/mol. The zero-order chi connectivity index (χ0) is 41.8. The van der Waals surface area contributed by atoms with Gasteiger partial charge in [0.25, 0.3) is 5.91 Å². The van der Waals surface area contributed by atoms with Gasteiger partial charge in [0.1, 0.15) is 0 Å². The molecule has 2 saturated carbocycles. The highest BCUT2D eigenvalue weighted by molar-refractivity contribution is 6.14. The van der Waals surface area contributed by atoms with Gasteiger partial charge in [0.05, 0.1) is 23.7 Å². The van der Waals surface area contributed by atoms with Gasteiger partial charge < -0.3 is 19.8 Å². The van der Waals surface area contributed by atoms with Crippen LogP contribution in [0.5, 0.6) is 0 Å². The lowest BCUT2D eigenvalue weighted by molar-refractivity contribution is -0.178. The molecule has 6 unspecified atom stereocenters. The Labute approximate surface area is 349 Å². The summed E-state index contributed by atoms with van der Waals surface area (Å²) in [6, 6.07) is 33.6. The molecule has 5 aliphatic rings. The highest BCUT2D eigenvalue weighted by Gasteiger charge is 2.76. The number of ketones is 1. The summed E-state index contributed by atoms with van der Waals surface area (Å²) in [5.41, 5.74) is 1.89. The van der Waals surface area contributed by atoms with Gasteiger partial charge in [-0.25, -0.2) is 0 Å². The number of allylic oxidation sites excluding steroid dienone is 2. The molecule has 1 amide bonds. The summed E-state index contributed by atoms with van der Waals surface area (Å²) in [7, 11) is 0. The molecule has 0 radical (unpaired) electrons. The predicted molar refractivity (Wildman–Crippen MR) is 231 cm³/mol. The third kappa shape index (κ3) is 6.79. The van der Waals surface area contributed by atoms with E-state index < -0.39 is 33.6 Å². The second kappa shape index (κ2) is 15.3.